The third-order valence-corrected chi connectivity index (χ3v) is 2.08. The van der Waals surface area contributed by atoms with Crippen molar-refractivity contribution in [2.45, 2.75) is 6.10 Å². The first-order valence-corrected chi connectivity index (χ1v) is 4.93. The van der Waals surface area contributed by atoms with Gasteiger partial charge in [0.1, 0.15) is 11.9 Å². The lowest BCUT2D eigenvalue weighted by Crippen LogP contribution is -2.28. The molecule has 0 aliphatic carbocycles. The summed E-state index contributed by atoms with van der Waals surface area (Å²) in [5, 5.41) is 9.83. The normalized spacial score (nSPS) is 12.7. The standard InChI is InChI=1S/C12H17NO2/c1-3-7-13(8-4-2)10-11(14)12-6-5-9-15-12/h3-6,9,11,14H,1-2,7-8,10H2. The first-order valence-electron chi connectivity index (χ1n) is 4.93. The predicted octanol–water partition coefficient (Wildman–Crippen LogP) is 1.99. The summed E-state index contributed by atoms with van der Waals surface area (Å²) in [5.74, 6) is 0.591. The molecule has 0 radical (unpaired) electrons. The van der Waals surface area contributed by atoms with Crippen molar-refractivity contribution >= 4 is 0 Å². The molecule has 1 N–H and O–H groups in total. The summed E-state index contributed by atoms with van der Waals surface area (Å²) >= 11 is 0. The first-order chi connectivity index (χ1) is 7.27. The molecule has 3 heteroatoms. The molecule has 3 nitrogen and oxygen atoms in total. The third kappa shape index (κ3) is 3.73. The van der Waals surface area contributed by atoms with Gasteiger partial charge < -0.3 is 9.52 Å². The van der Waals surface area contributed by atoms with E-state index in [2.05, 4.69) is 13.2 Å². The highest BCUT2D eigenvalue weighted by Crippen LogP contribution is 2.14. The Morgan fingerprint density at radius 1 is 1.40 bits per heavy atom. The van der Waals surface area contributed by atoms with E-state index in [-0.39, 0.29) is 0 Å². The summed E-state index contributed by atoms with van der Waals surface area (Å²) in [7, 11) is 0. The molecule has 0 aliphatic rings. The molecule has 1 unspecified atom stereocenters. The highest BCUT2D eigenvalue weighted by molar-refractivity contribution is 5.02. The monoisotopic (exact) mass is 207 g/mol. The van der Waals surface area contributed by atoms with Crippen molar-refractivity contribution in [1.29, 1.82) is 0 Å². The van der Waals surface area contributed by atoms with Crippen LogP contribution in [-0.4, -0.2) is 29.6 Å². The van der Waals surface area contributed by atoms with Crippen LogP contribution in [0, 0.1) is 0 Å². The van der Waals surface area contributed by atoms with Crippen molar-refractivity contribution in [3.05, 3.63) is 49.5 Å². The van der Waals surface area contributed by atoms with Gasteiger partial charge >= 0.3 is 0 Å². The van der Waals surface area contributed by atoms with Gasteiger partial charge in [0.25, 0.3) is 0 Å². The molecule has 1 aromatic heterocycles. The molecule has 0 amide bonds. The van der Waals surface area contributed by atoms with Crippen LogP contribution < -0.4 is 0 Å². The van der Waals surface area contributed by atoms with Crippen LogP contribution in [0.25, 0.3) is 0 Å². The minimum absolute atomic E-state index is 0.519. The Hall–Kier alpha value is -1.32. The zero-order valence-electron chi connectivity index (χ0n) is 8.80. The fraction of sp³-hybridized carbons (Fsp3) is 0.333. The molecule has 1 aromatic rings. The highest BCUT2D eigenvalue weighted by atomic mass is 16.4. The highest BCUT2D eigenvalue weighted by Gasteiger charge is 2.13. The van der Waals surface area contributed by atoms with E-state index < -0.39 is 6.10 Å². The second-order valence-electron chi connectivity index (χ2n) is 3.33. The zero-order valence-corrected chi connectivity index (χ0v) is 8.80. The van der Waals surface area contributed by atoms with E-state index in [1.54, 1.807) is 30.5 Å². The number of hydrogen-bond donors (Lipinski definition) is 1. The Labute approximate surface area is 90.3 Å². The van der Waals surface area contributed by atoms with Crippen molar-refractivity contribution in [1.82, 2.24) is 4.90 Å². The molecular formula is C12H17NO2. The van der Waals surface area contributed by atoms with Crippen LogP contribution in [0.15, 0.2) is 48.1 Å². The maximum absolute atomic E-state index is 9.83. The molecule has 0 aromatic carbocycles. The first kappa shape index (κ1) is 11.8. The topological polar surface area (TPSA) is 36.6 Å². The second kappa shape index (κ2) is 6.22. The molecule has 1 rings (SSSR count). The number of nitrogens with zero attached hydrogens (tertiary/aromatic N) is 1. The smallest absolute Gasteiger partial charge is 0.133 e. The molecule has 0 saturated carbocycles. The number of aliphatic hydroxyl groups is 1. The quantitative estimate of drug-likeness (QED) is 0.695. The number of rotatable bonds is 7. The Morgan fingerprint density at radius 2 is 2.07 bits per heavy atom. The fourth-order valence-corrected chi connectivity index (χ4v) is 1.40. The van der Waals surface area contributed by atoms with E-state index in [9.17, 15) is 5.11 Å². The van der Waals surface area contributed by atoms with E-state index in [1.165, 1.54) is 0 Å². The molecule has 0 bridgehead atoms. The van der Waals surface area contributed by atoms with E-state index in [0.717, 1.165) is 13.1 Å². The van der Waals surface area contributed by atoms with Crippen molar-refractivity contribution < 1.29 is 9.52 Å². The van der Waals surface area contributed by atoms with Crippen LogP contribution in [0.1, 0.15) is 11.9 Å². The maximum Gasteiger partial charge on any atom is 0.133 e. The average Bonchev–Trinajstić information content (AvgIpc) is 2.71. The molecule has 0 aliphatic heterocycles. The zero-order chi connectivity index (χ0) is 11.1. The van der Waals surface area contributed by atoms with Crippen LogP contribution in [0.3, 0.4) is 0 Å². The van der Waals surface area contributed by atoms with Gasteiger partial charge in [-0.2, -0.15) is 0 Å². The maximum atomic E-state index is 9.83. The largest absolute Gasteiger partial charge is 0.467 e. The lowest BCUT2D eigenvalue weighted by molar-refractivity contribution is 0.105. The van der Waals surface area contributed by atoms with E-state index in [1.807, 2.05) is 4.90 Å². The van der Waals surface area contributed by atoms with Crippen LogP contribution in [0.5, 0.6) is 0 Å². The molecule has 1 heterocycles. The minimum atomic E-state index is -0.597. The summed E-state index contributed by atoms with van der Waals surface area (Å²) in [6, 6.07) is 3.54. The van der Waals surface area contributed by atoms with Gasteiger partial charge in [-0.05, 0) is 12.1 Å². The summed E-state index contributed by atoms with van der Waals surface area (Å²) in [6.45, 7) is 9.31. The van der Waals surface area contributed by atoms with E-state index >= 15 is 0 Å². The second-order valence-corrected chi connectivity index (χ2v) is 3.33. The summed E-state index contributed by atoms with van der Waals surface area (Å²) in [5.41, 5.74) is 0. The van der Waals surface area contributed by atoms with Crippen molar-refractivity contribution in [3.8, 4) is 0 Å². The van der Waals surface area contributed by atoms with Crippen molar-refractivity contribution in [2.75, 3.05) is 19.6 Å². The molecule has 82 valence electrons. The Morgan fingerprint density at radius 3 is 2.53 bits per heavy atom. The van der Waals surface area contributed by atoms with Gasteiger partial charge in [0, 0.05) is 19.6 Å². The van der Waals surface area contributed by atoms with E-state index in [0.29, 0.717) is 12.3 Å². The van der Waals surface area contributed by atoms with Gasteiger partial charge in [0.05, 0.1) is 6.26 Å². The molecule has 0 saturated heterocycles. The Kier molecular flexibility index (Phi) is 4.87. The van der Waals surface area contributed by atoms with Gasteiger partial charge in [-0.3, -0.25) is 4.90 Å². The van der Waals surface area contributed by atoms with Gasteiger partial charge in [-0.1, -0.05) is 12.2 Å². The molecule has 1 atom stereocenters. The third-order valence-electron chi connectivity index (χ3n) is 2.08. The van der Waals surface area contributed by atoms with Crippen LogP contribution in [-0.2, 0) is 0 Å². The fourth-order valence-electron chi connectivity index (χ4n) is 1.40. The van der Waals surface area contributed by atoms with Gasteiger partial charge in [0.15, 0.2) is 0 Å². The molecule has 15 heavy (non-hydrogen) atoms. The number of hydrogen-bond acceptors (Lipinski definition) is 3. The summed E-state index contributed by atoms with van der Waals surface area (Å²) in [4.78, 5) is 2.03. The van der Waals surface area contributed by atoms with Gasteiger partial charge in [-0.15, -0.1) is 13.2 Å². The van der Waals surface area contributed by atoms with Crippen molar-refractivity contribution in [2.24, 2.45) is 0 Å². The van der Waals surface area contributed by atoms with Crippen molar-refractivity contribution in [3.63, 3.8) is 0 Å². The van der Waals surface area contributed by atoms with Gasteiger partial charge in [0.2, 0.25) is 0 Å². The van der Waals surface area contributed by atoms with E-state index in [4.69, 9.17) is 4.42 Å². The Bertz CT molecular complexity index is 283. The molecular weight excluding hydrogens is 190 g/mol. The SMILES string of the molecule is C=CCN(CC=C)CC(O)c1ccco1. The molecule has 0 spiro atoms. The lowest BCUT2D eigenvalue weighted by Gasteiger charge is -2.21. The van der Waals surface area contributed by atoms with Gasteiger partial charge in [-0.25, -0.2) is 0 Å². The van der Waals surface area contributed by atoms with Crippen LogP contribution >= 0.6 is 0 Å². The lowest BCUT2D eigenvalue weighted by atomic mass is 10.2. The summed E-state index contributed by atoms with van der Waals surface area (Å²) < 4.78 is 5.12. The number of aliphatic hydroxyl groups excluding tert-OH is 1. The molecule has 0 fully saturated rings. The minimum Gasteiger partial charge on any atom is -0.467 e. The number of furan rings is 1. The van der Waals surface area contributed by atoms with Crippen LogP contribution in [0.2, 0.25) is 0 Å². The van der Waals surface area contributed by atoms with Crippen LogP contribution in [0.4, 0.5) is 0 Å². The Balaban J connectivity index is 2.49. The average molecular weight is 207 g/mol. The predicted molar refractivity (Wildman–Crippen MR) is 60.5 cm³/mol. The summed E-state index contributed by atoms with van der Waals surface area (Å²) in [6.07, 6.45) is 4.57.